The van der Waals surface area contributed by atoms with Gasteiger partial charge in [-0.3, -0.25) is 34.7 Å². The van der Waals surface area contributed by atoms with Gasteiger partial charge in [0.1, 0.15) is 51.8 Å². The molecule has 0 fully saturated rings. The Morgan fingerprint density at radius 3 is 1.01 bits per heavy atom. The molecule has 0 saturated heterocycles. The van der Waals surface area contributed by atoms with Crippen molar-refractivity contribution in [2.24, 2.45) is 35.1 Å². The summed E-state index contributed by atoms with van der Waals surface area (Å²) in [6.45, 7) is 15.5. The summed E-state index contributed by atoms with van der Waals surface area (Å²) in [6.07, 6.45) is 6.13. The van der Waals surface area contributed by atoms with Gasteiger partial charge in [-0.1, -0.05) is 83.3 Å². The van der Waals surface area contributed by atoms with E-state index in [1.807, 2.05) is 175 Å². The Bertz CT molecular complexity index is 6540. The van der Waals surface area contributed by atoms with Gasteiger partial charge in [0.25, 0.3) is 5.91 Å². The number of nitrogens with zero attached hydrogens (tertiary/aromatic N) is 7. The van der Waals surface area contributed by atoms with Crippen LogP contribution < -0.4 is 10.2 Å². The molecule has 0 aliphatic carbocycles. The molecule has 14 rings (SSSR count). The van der Waals surface area contributed by atoms with E-state index in [9.17, 15) is 62.9 Å². The highest BCUT2D eigenvalue weighted by Gasteiger charge is 2.33. The number of methoxy groups -OCH3 is 1. The van der Waals surface area contributed by atoms with Crippen LogP contribution >= 0.6 is 114 Å². The Hall–Kier alpha value is -12.9. The van der Waals surface area contributed by atoms with Crippen LogP contribution in [0.1, 0.15) is 111 Å². The Labute approximate surface area is 835 Å². The highest BCUT2D eigenvalue weighted by Crippen LogP contribution is 2.39. The molecular weight excluding hydrogens is 2120 g/mol. The molecular formula is C104H88Br5Cl3F4N8O11. The van der Waals surface area contributed by atoms with E-state index in [0.29, 0.717) is 89.9 Å². The maximum absolute atomic E-state index is 12.8. The third kappa shape index (κ3) is 35.1. The monoisotopic (exact) mass is 2200 g/mol. The lowest BCUT2D eigenvalue weighted by atomic mass is 10.1. The van der Waals surface area contributed by atoms with Crippen molar-refractivity contribution in [1.29, 1.82) is 0 Å². The molecule has 0 aromatic heterocycles. The zero-order valence-corrected chi connectivity index (χ0v) is 83.8. The number of hydrogen-bond donors (Lipinski definition) is 8. The predicted octanol–water partition coefficient (Wildman–Crippen LogP) is 30.3. The number of esters is 1. The summed E-state index contributed by atoms with van der Waals surface area (Å²) < 4.78 is 64.5. The van der Waals surface area contributed by atoms with Crippen molar-refractivity contribution in [2.75, 3.05) is 13.7 Å². The summed E-state index contributed by atoms with van der Waals surface area (Å²) in [5.74, 6) is 0.458. The first kappa shape index (κ1) is 107. The number of hydrogen-bond acceptors (Lipinski definition) is 18. The fourth-order valence-corrected chi connectivity index (χ4v) is 15.3. The summed E-state index contributed by atoms with van der Waals surface area (Å²) in [6, 6.07) is 75.6. The minimum absolute atomic E-state index is 0.0602. The lowest BCUT2D eigenvalue weighted by Crippen LogP contribution is -2.17. The molecule has 19 nitrogen and oxygen atoms in total. The molecule has 0 heterocycles. The van der Waals surface area contributed by atoms with Crippen LogP contribution in [-0.4, -0.2) is 105 Å². The molecule has 0 atom stereocenters. The summed E-state index contributed by atoms with van der Waals surface area (Å²) in [5.41, 5.74) is 17.0. The van der Waals surface area contributed by atoms with Gasteiger partial charge in [-0.25, -0.2) is 14.6 Å². The number of phenolic OH excluding ortho intramolecular Hbond substituents is 7. The normalized spacial score (nSPS) is 11.1. The van der Waals surface area contributed by atoms with E-state index in [0.717, 1.165) is 67.8 Å². The number of amides is 1. The molecule has 8 N–H and O–H groups in total. The predicted molar refractivity (Wildman–Crippen MR) is 555 cm³/mol. The summed E-state index contributed by atoms with van der Waals surface area (Å²) in [4.78, 5) is 48.6. The van der Waals surface area contributed by atoms with Gasteiger partial charge in [-0.15, -0.1) is 0 Å². The van der Waals surface area contributed by atoms with Crippen molar-refractivity contribution in [1.82, 2.24) is 5.43 Å². The Kier molecular flexibility index (Phi) is 42.4. The Morgan fingerprint density at radius 1 is 0.363 bits per heavy atom. The van der Waals surface area contributed by atoms with Crippen LogP contribution in [0.2, 0.25) is 15.1 Å². The summed E-state index contributed by atoms with van der Waals surface area (Å²) in [7, 11) is 1.63. The largest absolute Gasteiger partial charge is 0.506 e. The lowest BCUT2D eigenvalue weighted by molar-refractivity contribution is -0.137. The van der Waals surface area contributed by atoms with E-state index >= 15 is 0 Å². The quantitative estimate of drug-likeness (QED) is 0.0173. The molecule has 0 radical (unpaired) electrons. The van der Waals surface area contributed by atoms with E-state index in [1.165, 1.54) is 42.8 Å². The molecule has 0 unspecified atom stereocenters. The minimum Gasteiger partial charge on any atom is -0.506 e. The fourth-order valence-electron chi connectivity index (χ4n) is 11.7. The van der Waals surface area contributed by atoms with Gasteiger partial charge in [-0.05, 0) is 392 Å². The van der Waals surface area contributed by atoms with Crippen LogP contribution in [0.5, 0.6) is 46.0 Å². The number of para-hydroxylation sites is 2. The number of aliphatic imine (C=N–C) groups is 6. The number of nitrogens with one attached hydrogen (secondary N) is 1. The fraction of sp³-hybridized carbons (Fsp3) is 0.106. The van der Waals surface area contributed by atoms with Crippen LogP contribution in [0.4, 0.5) is 51.7 Å². The SMILES string of the molecule is CCOC(=O)c1ccc(N=Cc2cc(C)cc(Br)c2O)cc1.COc1ccc(N=Cc2cc(C)cc(Br)c2O)cc1.Cc1cc(Br)c(O)c(C=Nc2ccc(Cl)cc2)c1.Cc1cc(Br)c(O)c(C=Nc2ccc(F)cc2)c1.Cc1cc(Br)c(O)c(C=Nc2ccccc2)c1.Cc1cc(Cl)c(O)c(/C=N/NC(=O)c2ccccc2)c1.Cc1cc(Cl)c(O)c(C=Nc2ccccc2C(F)(F)F)c1. The van der Waals surface area contributed by atoms with Crippen molar-refractivity contribution in [3.63, 3.8) is 0 Å². The average molecular weight is 2210 g/mol. The second kappa shape index (κ2) is 53.3. The molecule has 14 aromatic carbocycles. The van der Waals surface area contributed by atoms with Gasteiger partial charge >= 0.3 is 12.1 Å². The zero-order chi connectivity index (χ0) is 98.6. The molecule has 694 valence electrons. The smallest absolute Gasteiger partial charge is 0.418 e. The van der Waals surface area contributed by atoms with Crippen molar-refractivity contribution in [3.8, 4) is 46.0 Å². The number of alkyl halides is 3. The van der Waals surface area contributed by atoms with Crippen LogP contribution in [0.25, 0.3) is 0 Å². The third-order valence-electron chi connectivity index (χ3n) is 18.2. The highest BCUT2D eigenvalue weighted by molar-refractivity contribution is 9.11. The standard InChI is InChI=1S/C17H16BrNO3.C15H14BrNO2.C15H11ClF3NO.C15H13ClN2O2.C14H11BrClNO.C14H11BrFNO.C14H12BrNO/c1-3-22-17(21)12-4-6-14(7-5-12)19-10-13-8-11(2)9-15(18)16(13)20;1-10-7-11(15(18)14(16)8-10)9-17-12-3-5-13(19-2)6-4-12;1-9-6-10(14(21)12(16)7-9)8-20-13-5-3-2-4-11(13)15(17,18)19;1-10-7-12(14(19)13(16)8-10)9-17-18-15(20)11-5-3-2-4-6-11;2*1-9-6-10(14(18)13(15)7-9)8-17-12-4-2-11(16)3-5-12;1-10-7-11(14(17)13(15)8-10)9-16-12-5-3-2-4-6-12/h4-10,20H,3H2,1-2H3;3-9,18H,1-2H3;2-8,21H,1H3;2-9,19H,1H3,(H,18,20);2*2-8,18H,1H3;2-9,17H,1H3/b;;;17-9+;;;. The number of phenols is 7. The van der Waals surface area contributed by atoms with Crippen molar-refractivity contribution < 1.29 is 72.4 Å². The van der Waals surface area contributed by atoms with Gasteiger partial charge in [0, 0.05) is 86.8 Å². The van der Waals surface area contributed by atoms with Crippen LogP contribution in [0.3, 0.4) is 0 Å². The maximum Gasteiger partial charge on any atom is 0.418 e. The van der Waals surface area contributed by atoms with Gasteiger partial charge in [-0.2, -0.15) is 18.3 Å². The molecule has 14 aromatic rings. The number of hydrazone groups is 1. The second-order valence-electron chi connectivity index (χ2n) is 29.2. The molecule has 135 heavy (non-hydrogen) atoms. The number of ether oxygens (including phenoxy) is 2. The number of rotatable bonds is 18. The second-order valence-corrected chi connectivity index (χ2v) is 34.7. The first-order chi connectivity index (χ1) is 64.2. The molecule has 0 aliphatic rings. The Morgan fingerprint density at radius 2 is 0.659 bits per heavy atom. The first-order valence-electron chi connectivity index (χ1n) is 40.5. The number of benzene rings is 14. The number of halogens is 12. The van der Waals surface area contributed by atoms with E-state index in [4.69, 9.17) is 44.3 Å². The van der Waals surface area contributed by atoms with Gasteiger partial charge in [0.05, 0.1) is 97.6 Å². The van der Waals surface area contributed by atoms with Crippen molar-refractivity contribution >= 4 is 204 Å². The van der Waals surface area contributed by atoms with Crippen LogP contribution in [0, 0.1) is 54.3 Å². The molecule has 0 spiro atoms. The zero-order valence-electron chi connectivity index (χ0n) is 73.6. The van der Waals surface area contributed by atoms with Gasteiger partial charge in [0.2, 0.25) is 0 Å². The maximum atomic E-state index is 12.8. The van der Waals surface area contributed by atoms with Crippen molar-refractivity contribution in [2.45, 2.75) is 61.6 Å². The Balaban J connectivity index is 0.000000194. The molecule has 0 aliphatic heterocycles. The third-order valence-corrected chi connectivity index (χ3v) is 22.1. The van der Waals surface area contributed by atoms with E-state index < -0.39 is 11.7 Å². The van der Waals surface area contributed by atoms with Crippen molar-refractivity contribution in [3.05, 3.63) is 405 Å². The van der Waals surface area contributed by atoms with E-state index in [-0.39, 0.29) is 79.2 Å². The highest BCUT2D eigenvalue weighted by atomic mass is 79.9. The first-order valence-corrected chi connectivity index (χ1v) is 45.6. The lowest BCUT2D eigenvalue weighted by Gasteiger charge is -2.09. The molecule has 1 amide bonds. The number of aromatic hydroxyl groups is 7. The van der Waals surface area contributed by atoms with E-state index in [1.54, 1.807) is 149 Å². The van der Waals surface area contributed by atoms with Crippen LogP contribution in [-0.2, 0) is 10.9 Å². The van der Waals surface area contributed by atoms with E-state index in [2.05, 4.69) is 120 Å². The molecule has 31 heteroatoms. The molecule has 0 saturated carbocycles. The topological polar surface area (TPSA) is 293 Å². The summed E-state index contributed by atoms with van der Waals surface area (Å²) in [5, 5.41) is 73.9. The number of carbonyl (C=O) groups excluding carboxylic acids is 2. The van der Waals surface area contributed by atoms with Gasteiger partial charge < -0.3 is 45.2 Å². The molecule has 0 bridgehead atoms. The number of carbonyl (C=O) groups is 2. The summed E-state index contributed by atoms with van der Waals surface area (Å²) >= 11 is 34.0. The number of aryl methyl sites for hydroxylation is 7. The average Bonchev–Trinajstić information content (AvgIpc) is 0.793. The van der Waals surface area contributed by atoms with Gasteiger partial charge in [0.15, 0.2) is 0 Å². The van der Waals surface area contributed by atoms with Crippen LogP contribution in [0.15, 0.2) is 324 Å². The minimum atomic E-state index is -4.49.